The van der Waals surface area contributed by atoms with Crippen LogP contribution in [-0.4, -0.2) is 37.0 Å². The van der Waals surface area contributed by atoms with Crippen molar-refractivity contribution in [2.45, 2.75) is 12.8 Å². The Labute approximate surface area is 106 Å². The highest BCUT2D eigenvalue weighted by molar-refractivity contribution is 5.96. The summed E-state index contributed by atoms with van der Waals surface area (Å²) in [6.07, 6.45) is 1.13. The van der Waals surface area contributed by atoms with Crippen LogP contribution in [0.25, 0.3) is 0 Å². The molecule has 0 aliphatic carbocycles. The van der Waals surface area contributed by atoms with E-state index in [4.69, 9.17) is 4.74 Å². The summed E-state index contributed by atoms with van der Waals surface area (Å²) in [5.74, 6) is 0.614. The molecule has 96 valence electrons. The Bertz CT molecular complexity index is 459. The van der Waals surface area contributed by atoms with Gasteiger partial charge in [0.05, 0.1) is 7.11 Å². The molecule has 2 rings (SSSR count). The molecule has 18 heavy (non-hydrogen) atoms. The Balaban J connectivity index is 1.91. The number of hydrogen-bond donors (Lipinski definition) is 1. The Kier molecular flexibility index (Phi) is 3.82. The number of carbonyl (C=O) groups excluding carboxylic acids is 2. The van der Waals surface area contributed by atoms with Gasteiger partial charge in [0.25, 0.3) is 0 Å². The third-order valence-corrected chi connectivity index (χ3v) is 2.95. The van der Waals surface area contributed by atoms with Gasteiger partial charge < -0.3 is 9.64 Å². The molecule has 0 unspecified atom stereocenters. The Morgan fingerprint density at radius 1 is 1.39 bits per heavy atom. The SMILES string of the molecule is COc1cccc(CCN2CCC(=O)NC2=O)c1. The standard InChI is InChI=1S/C13H16N2O3/c1-18-11-4-2-3-10(9-11)5-7-15-8-6-12(16)14-13(15)17/h2-4,9H,5-8H2,1H3,(H,14,16,17). The van der Waals surface area contributed by atoms with Gasteiger partial charge in [0.15, 0.2) is 0 Å². The maximum Gasteiger partial charge on any atom is 0.324 e. The molecular formula is C13H16N2O3. The average Bonchev–Trinajstić information content (AvgIpc) is 2.38. The molecule has 0 bridgehead atoms. The van der Waals surface area contributed by atoms with E-state index in [1.165, 1.54) is 0 Å². The first-order valence-corrected chi connectivity index (χ1v) is 5.91. The number of benzene rings is 1. The fraction of sp³-hybridized carbons (Fsp3) is 0.385. The number of nitrogens with one attached hydrogen (secondary N) is 1. The van der Waals surface area contributed by atoms with Crippen molar-refractivity contribution in [2.24, 2.45) is 0 Å². The van der Waals surface area contributed by atoms with Crippen LogP contribution in [0, 0.1) is 0 Å². The summed E-state index contributed by atoms with van der Waals surface area (Å²) >= 11 is 0. The van der Waals surface area contributed by atoms with Crippen molar-refractivity contribution in [3.63, 3.8) is 0 Å². The number of rotatable bonds is 4. The zero-order valence-electron chi connectivity index (χ0n) is 10.3. The number of methoxy groups -OCH3 is 1. The Hall–Kier alpha value is -2.04. The van der Waals surface area contributed by atoms with Crippen molar-refractivity contribution in [3.8, 4) is 5.75 Å². The van der Waals surface area contributed by atoms with E-state index in [0.717, 1.165) is 17.7 Å². The minimum absolute atomic E-state index is 0.197. The molecule has 1 aliphatic heterocycles. The average molecular weight is 248 g/mol. The number of ether oxygens (including phenoxy) is 1. The number of imide groups is 1. The lowest BCUT2D eigenvalue weighted by atomic mass is 10.1. The lowest BCUT2D eigenvalue weighted by Crippen LogP contribution is -2.49. The topological polar surface area (TPSA) is 58.6 Å². The van der Waals surface area contributed by atoms with Crippen LogP contribution >= 0.6 is 0 Å². The summed E-state index contributed by atoms with van der Waals surface area (Å²) in [6.45, 7) is 1.10. The molecular weight excluding hydrogens is 232 g/mol. The number of nitrogens with zero attached hydrogens (tertiary/aromatic N) is 1. The minimum atomic E-state index is -0.297. The van der Waals surface area contributed by atoms with E-state index in [1.807, 2.05) is 24.3 Å². The Morgan fingerprint density at radius 3 is 2.94 bits per heavy atom. The van der Waals surface area contributed by atoms with Crippen molar-refractivity contribution in [1.82, 2.24) is 10.2 Å². The fourth-order valence-corrected chi connectivity index (χ4v) is 1.90. The second-order valence-corrected chi connectivity index (χ2v) is 4.19. The van der Waals surface area contributed by atoms with Gasteiger partial charge in [-0.2, -0.15) is 0 Å². The van der Waals surface area contributed by atoms with E-state index in [2.05, 4.69) is 5.32 Å². The van der Waals surface area contributed by atoms with Gasteiger partial charge in [0.2, 0.25) is 5.91 Å². The number of amides is 3. The van der Waals surface area contributed by atoms with Crippen LogP contribution in [0.3, 0.4) is 0 Å². The van der Waals surface area contributed by atoms with Gasteiger partial charge in [-0.1, -0.05) is 12.1 Å². The highest BCUT2D eigenvalue weighted by atomic mass is 16.5. The number of hydrogen-bond acceptors (Lipinski definition) is 3. The van der Waals surface area contributed by atoms with Crippen LogP contribution in [0.15, 0.2) is 24.3 Å². The van der Waals surface area contributed by atoms with E-state index in [0.29, 0.717) is 19.5 Å². The molecule has 0 aromatic heterocycles. The van der Waals surface area contributed by atoms with Crippen LogP contribution in [0.4, 0.5) is 4.79 Å². The van der Waals surface area contributed by atoms with E-state index in [1.54, 1.807) is 12.0 Å². The van der Waals surface area contributed by atoms with Crippen LogP contribution in [0.1, 0.15) is 12.0 Å². The lowest BCUT2D eigenvalue weighted by Gasteiger charge is -2.26. The lowest BCUT2D eigenvalue weighted by molar-refractivity contribution is -0.121. The van der Waals surface area contributed by atoms with Gasteiger partial charge in [-0.05, 0) is 24.1 Å². The molecule has 1 N–H and O–H groups in total. The quantitative estimate of drug-likeness (QED) is 0.870. The Morgan fingerprint density at radius 2 is 2.22 bits per heavy atom. The zero-order valence-corrected chi connectivity index (χ0v) is 10.3. The molecule has 0 atom stereocenters. The molecule has 0 saturated carbocycles. The largest absolute Gasteiger partial charge is 0.497 e. The van der Waals surface area contributed by atoms with Gasteiger partial charge in [-0.3, -0.25) is 10.1 Å². The summed E-state index contributed by atoms with van der Waals surface area (Å²) in [5.41, 5.74) is 1.11. The third-order valence-electron chi connectivity index (χ3n) is 2.95. The first-order chi connectivity index (χ1) is 8.69. The normalized spacial score (nSPS) is 15.5. The molecule has 1 aromatic rings. The summed E-state index contributed by atoms with van der Waals surface area (Å²) in [7, 11) is 1.63. The zero-order chi connectivity index (χ0) is 13.0. The molecule has 0 radical (unpaired) electrons. The molecule has 5 heteroatoms. The van der Waals surface area contributed by atoms with E-state index in [-0.39, 0.29) is 11.9 Å². The predicted molar refractivity (Wildman–Crippen MR) is 66.4 cm³/mol. The molecule has 3 amide bonds. The summed E-state index contributed by atoms with van der Waals surface area (Å²) < 4.78 is 5.14. The molecule has 1 aromatic carbocycles. The van der Waals surface area contributed by atoms with E-state index in [9.17, 15) is 9.59 Å². The van der Waals surface area contributed by atoms with Gasteiger partial charge in [-0.25, -0.2) is 4.79 Å². The van der Waals surface area contributed by atoms with Gasteiger partial charge in [-0.15, -0.1) is 0 Å². The van der Waals surface area contributed by atoms with Crippen molar-refractivity contribution >= 4 is 11.9 Å². The highest BCUT2D eigenvalue weighted by Crippen LogP contribution is 2.13. The van der Waals surface area contributed by atoms with Crippen molar-refractivity contribution < 1.29 is 14.3 Å². The van der Waals surface area contributed by atoms with Gasteiger partial charge in [0, 0.05) is 19.5 Å². The van der Waals surface area contributed by atoms with Crippen LogP contribution in [0.2, 0.25) is 0 Å². The number of carbonyl (C=O) groups is 2. The maximum absolute atomic E-state index is 11.5. The predicted octanol–water partition coefficient (Wildman–Crippen LogP) is 1.18. The minimum Gasteiger partial charge on any atom is -0.497 e. The van der Waals surface area contributed by atoms with Crippen LogP contribution in [0.5, 0.6) is 5.75 Å². The number of urea groups is 1. The molecule has 5 nitrogen and oxygen atoms in total. The molecule has 1 saturated heterocycles. The van der Waals surface area contributed by atoms with Gasteiger partial charge in [0.1, 0.15) is 5.75 Å². The second kappa shape index (κ2) is 5.53. The highest BCUT2D eigenvalue weighted by Gasteiger charge is 2.22. The second-order valence-electron chi connectivity index (χ2n) is 4.19. The van der Waals surface area contributed by atoms with Crippen LogP contribution < -0.4 is 10.1 Å². The maximum atomic E-state index is 11.5. The molecule has 1 aliphatic rings. The molecule has 0 spiro atoms. The van der Waals surface area contributed by atoms with Crippen molar-refractivity contribution in [1.29, 1.82) is 0 Å². The van der Waals surface area contributed by atoms with Gasteiger partial charge >= 0.3 is 6.03 Å². The molecule has 1 heterocycles. The fourth-order valence-electron chi connectivity index (χ4n) is 1.90. The van der Waals surface area contributed by atoms with Crippen molar-refractivity contribution in [3.05, 3.63) is 29.8 Å². The first kappa shape index (κ1) is 12.4. The van der Waals surface area contributed by atoms with E-state index >= 15 is 0 Å². The summed E-state index contributed by atoms with van der Waals surface area (Å²) in [4.78, 5) is 24.2. The monoisotopic (exact) mass is 248 g/mol. The summed E-state index contributed by atoms with van der Waals surface area (Å²) in [6, 6.07) is 7.46. The smallest absolute Gasteiger partial charge is 0.324 e. The molecule has 1 fully saturated rings. The third kappa shape index (κ3) is 3.00. The van der Waals surface area contributed by atoms with Crippen molar-refractivity contribution in [2.75, 3.05) is 20.2 Å². The van der Waals surface area contributed by atoms with E-state index < -0.39 is 0 Å². The first-order valence-electron chi connectivity index (χ1n) is 5.91. The summed E-state index contributed by atoms with van der Waals surface area (Å²) in [5, 5.41) is 2.31. The van der Waals surface area contributed by atoms with Crippen LogP contribution in [-0.2, 0) is 11.2 Å².